The molecule has 0 saturated carbocycles. The lowest BCUT2D eigenvalue weighted by atomic mass is 10.1. The van der Waals surface area contributed by atoms with Gasteiger partial charge in [-0.05, 0) is 47.0 Å². The van der Waals surface area contributed by atoms with Gasteiger partial charge in [-0.1, -0.05) is 6.07 Å². The highest BCUT2D eigenvalue weighted by molar-refractivity contribution is 9.10. The lowest BCUT2D eigenvalue weighted by molar-refractivity contribution is -0.119. The molecule has 0 fully saturated rings. The molecule has 0 radical (unpaired) electrons. The van der Waals surface area contributed by atoms with Crippen LogP contribution < -0.4 is 16.2 Å². The molecular weight excluding hydrogens is 272 g/mol. The SMILES string of the molecule is CC(N)Cc1ccc(OCC(N)=O)c(Br)c1. The van der Waals surface area contributed by atoms with E-state index in [1.165, 1.54) is 0 Å². The van der Waals surface area contributed by atoms with Crippen LogP contribution in [0.1, 0.15) is 12.5 Å². The van der Waals surface area contributed by atoms with E-state index in [0.29, 0.717) is 5.75 Å². The second kappa shape index (κ2) is 5.86. The third-order valence-corrected chi connectivity index (χ3v) is 2.54. The standard InChI is InChI=1S/C11H15BrN2O2/c1-7(13)4-8-2-3-10(9(12)5-8)16-6-11(14)15/h2-3,5,7H,4,6,13H2,1H3,(H2,14,15). The second-order valence-electron chi connectivity index (χ2n) is 3.70. The number of hydrogen-bond acceptors (Lipinski definition) is 3. The Morgan fingerprint density at radius 1 is 1.56 bits per heavy atom. The summed E-state index contributed by atoms with van der Waals surface area (Å²) in [6, 6.07) is 5.76. The van der Waals surface area contributed by atoms with E-state index in [1.54, 1.807) is 6.07 Å². The Kier molecular flexibility index (Phi) is 4.76. The Morgan fingerprint density at radius 3 is 2.75 bits per heavy atom. The number of hydrogen-bond donors (Lipinski definition) is 2. The molecule has 1 unspecified atom stereocenters. The number of benzene rings is 1. The number of rotatable bonds is 5. The summed E-state index contributed by atoms with van der Waals surface area (Å²) in [6.07, 6.45) is 0.800. The van der Waals surface area contributed by atoms with Crippen molar-refractivity contribution in [2.75, 3.05) is 6.61 Å². The van der Waals surface area contributed by atoms with Gasteiger partial charge < -0.3 is 16.2 Å². The number of carbonyl (C=O) groups excluding carboxylic acids is 1. The summed E-state index contributed by atoms with van der Waals surface area (Å²) in [6.45, 7) is 1.83. The van der Waals surface area contributed by atoms with Crippen molar-refractivity contribution in [3.8, 4) is 5.75 Å². The van der Waals surface area contributed by atoms with Gasteiger partial charge in [0.25, 0.3) is 5.91 Å². The van der Waals surface area contributed by atoms with Crippen molar-refractivity contribution in [1.82, 2.24) is 0 Å². The fraction of sp³-hybridized carbons (Fsp3) is 0.364. The lowest BCUT2D eigenvalue weighted by Crippen LogP contribution is -2.20. The molecule has 4 N–H and O–H groups in total. The highest BCUT2D eigenvalue weighted by Crippen LogP contribution is 2.26. The van der Waals surface area contributed by atoms with Gasteiger partial charge in [0.05, 0.1) is 4.47 Å². The van der Waals surface area contributed by atoms with Crippen molar-refractivity contribution in [3.63, 3.8) is 0 Å². The molecule has 1 atom stereocenters. The molecule has 1 aromatic rings. The van der Waals surface area contributed by atoms with Crippen LogP contribution in [0.3, 0.4) is 0 Å². The maximum Gasteiger partial charge on any atom is 0.255 e. The van der Waals surface area contributed by atoms with Gasteiger partial charge in [0.1, 0.15) is 5.75 Å². The fourth-order valence-electron chi connectivity index (χ4n) is 1.31. The van der Waals surface area contributed by atoms with Crippen LogP contribution in [0.4, 0.5) is 0 Å². The van der Waals surface area contributed by atoms with E-state index < -0.39 is 5.91 Å². The van der Waals surface area contributed by atoms with Gasteiger partial charge in [-0.15, -0.1) is 0 Å². The second-order valence-corrected chi connectivity index (χ2v) is 4.56. The van der Waals surface area contributed by atoms with Crippen LogP contribution in [-0.2, 0) is 11.2 Å². The summed E-state index contributed by atoms with van der Waals surface area (Å²) in [4.78, 5) is 10.6. The summed E-state index contributed by atoms with van der Waals surface area (Å²) >= 11 is 3.37. The minimum absolute atomic E-state index is 0.115. The molecule has 1 amide bonds. The molecule has 0 heterocycles. The Morgan fingerprint density at radius 2 is 2.25 bits per heavy atom. The molecule has 0 bridgehead atoms. The molecule has 16 heavy (non-hydrogen) atoms. The zero-order valence-corrected chi connectivity index (χ0v) is 10.7. The summed E-state index contributed by atoms with van der Waals surface area (Å²) in [5, 5.41) is 0. The number of amides is 1. The molecule has 0 aliphatic heterocycles. The van der Waals surface area contributed by atoms with Crippen LogP contribution in [0.25, 0.3) is 0 Å². The quantitative estimate of drug-likeness (QED) is 0.854. The highest BCUT2D eigenvalue weighted by Gasteiger charge is 2.05. The summed E-state index contributed by atoms with van der Waals surface area (Å²) in [5.74, 6) is 0.110. The smallest absolute Gasteiger partial charge is 0.255 e. The molecule has 1 rings (SSSR count). The Balaban J connectivity index is 2.71. The largest absolute Gasteiger partial charge is 0.483 e. The van der Waals surface area contributed by atoms with Crippen LogP contribution >= 0.6 is 15.9 Å². The zero-order chi connectivity index (χ0) is 12.1. The first-order valence-corrected chi connectivity index (χ1v) is 5.73. The Hall–Kier alpha value is -1.07. The predicted octanol–water partition coefficient (Wildman–Crippen LogP) is 1.20. The maximum absolute atomic E-state index is 10.6. The highest BCUT2D eigenvalue weighted by atomic mass is 79.9. The molecule has 5 heteroatoms. The van der Waals surface area contributed by atoms with Crippen LogP contribution in [0, 0.1) is 0 Å². The number of carbonyl (C=O) groups is 1. The van der Waals surface area contributed by atoms with Gasteiger partial charge in [0, 0.05) is 6.04 Å². The van der Waals surface area contributed by atoms with E-state index in [9.17, 15) is 4.79 Å². The first kappa shape index (κ1) is 13.0. The molecule has 0 spiro atoms. The van der Waals surface area contributed by atoms with Gasteiger partial charge in [0.2, 0.25) is 0 Å². The monoisotopic (exact) mass is 286 g/mol. The third kappa shape index (κ3) is 4.20. The van der Waals surface area contributed by atoms with E-state index >= 15 is 0 Å². The first-order chi connectivity index (χ1) is 7.49. The van der Waals surface area contributed by atoms with Crippen molar-refractivity contribution in [2.45, 2.75) is 19.4 Å². The topological polar surface area (TPSA) is 78.3 Å². The van der Waals surface area contributed by atoms with E-state index in [2.05, 4.69) is 15.9 Å². The molecule has 88 valence electrons. The lowest BCUT2D eigenvalue weighted by Gasteiger charge is -2.09. The molecule has 0 aliphatic carbocycles. The van der Waals surface area contributed by atoms with Crippen molar-refractivity contribution in [1.29, 1.82) is 0 Å². The van der Waals surface area contributed by atoms with Crippen LogP contribution in [-0.4, -0.2) is 18.6 Å². The normalized spacial score (nSPS) is 12.2. The minimum Gasteiger partial charge on any atom is -0.483 e. The van der Waals surface area contributed by atoms with Crippen LogP contribution in [0.5, 0.6) is 5.75 Å². The molecular formula is C11H15BrN2O2. The molecule has 0 aliphatic rings. The molecule has 0 aromatic heterocycles. The Labute approximate surface area is 103 Å². The van der Waals surface area contributed by atoms with E-state index in [1.807, 2.05) is 19.1 Å². The zero-order valence-electron chi connectivity index (χ0n) is 9.07. The number of primary amides is 1. The summed E-state index contributed by atoms with van der Waals surface area (Å²) in [5.41, 5.74) is 11.8. The predicted molar refractivity (Wildman–Crippen MR) is 66.2 cm³/mol. The number of nitrogens with two attached hydrogens (primary N) is 2. The average molecular weight is 287 g/mol. The van der Waals surface area contributed by atoms with Gasteiger partial charge in [0.15, 0.2) is 6.61 Å². The van der Waals surface area contributed by atoms with Crippen molar-refractivity contribution in [3.05, 3.63) is 28.2 Å². The average Bonchev–Trinajstić information content (AvgIpc) is 2.15. The van der Waals surface area contributed by atoms with Gasteiger partial charge in [-0.3, -0.25) is 4.79 Å². The van der Waals surface area contributed by atoms with Gasteiger partial charge >= 0.3 is 0 Å². The van der Waals surface area contributed by atoms with Crippen molar-refractivity contribution < 1.29 is 9.53 Å². The van der Waals surface area contributed by atoms with Crippen LogP contribution in [0.15, 0.2) is 22.7 Å². The maximum atomic E-state index is 10.6. The summed E-state index contributed by atoms with van der Waals surface area (Å²) in [7, 11) is 0. The number of halogens is 1. The van der Waals surface area contributed by atoms with Gasteiger partial charge in [-0.25, -0.2) is 0 Å². The van der Waals surface area contributed by atoms with Crippen LogP contribution in [0.2, 0.25) is 0 Å². The van der Waals surface area contributed by atoms with E-state index in [-0.39, 0.29) is 12.6 Å². The summed E-state index contributed by atoms with van der Waals surface area (Å²) < 4.78 is 6.00. The fourth-order valence-corrected chi connectivity index (χ4v) is 1.85. The molecule has 1 aromatic carbocycles. The van der Waals surface area contributed by atoms with Gasteiger partial charge in [-0.2, -0.15) is 0 Å². The van der Waals surface area contributed by atoms with Crippen molar-refractivity contribution >= 4 is 21.8 Å². The van der Waals surface area contributed by atoms with Crippen molar-refractivity contribution in [2.24, 2.45) is 11.5 Å². The number of ether oxygens (including phenoxy) is 1. The molecule has 4 nitrogen and oxygen atoms in total. The minimum atomic E-state index is -0.494. The Bertz CT molecular complexity index is 380. The first-order valence-electron chi connectivity index (χ1n) is 4.94. The third-order valence-electron chi connectivity index (χ3n) is 1.92. The molecule has 0 saturated heterocycles. The van der Waals surface area contributed by atoms with E-state index in [4.69, 9.17) is 16.2 Å². The van der Waals surface area contributed by atoms with E-state index in [0.717, 1.165) is 16.5 Å².